The topological polar surface area (TPSA) is 75.6 Å². The fourth-order valence-corrected chi connectivity index (χ4v) is 1.58. The SMILES string of the molecule is CC(C)NC(=O)C(C)Oc1cc(F)cc(/C=C/C(=O)O)c1. The molecule has 2 N–H and O–H groups in total. The van der Waals surface area contributed by atoms with E-state index in [1.165, 1.54) is 18.2 Å². The van der Waals surface area contributed by atoms with Gasteiger partial charge in [0, 0.05) is 18.2 Å². The molecule has 0 spiro atoms. The fraction of sp³-hybridized carbons (Fsp3) is 0.333. The molecule has 1 atom stereocenters. The van der Waals surface area contributed by atoms with Gasteiger partial charge in [0.25, 0.3) is 5.91 Å². The molecule has 1 aromatic carbocycles. The molecular formula is C15H18FNO4. The Morgan fingerprint density at radius 2 is 1.95 bits per heavy atom. The zero-order valence-corrected chi connectivity index (χ0v) is 12.1. The molecule has 0 saturated heterocycles. The van der Waals surface area contributed by atoms with Crippen molar-refractivity contribution in [3.8, 4) is 5.75 Å². The number of carbonyl (C=O) groups is 2. The van der Waals surface area contributed by atoms with Gasteiger partial charge in [0.15, 0.2) is 6.10 Å². The third-order valence-electron chi connectivity index (χ3n) is 2.43. The highest BCUT2D eigenvalue weighted by Crippen LogP contribution is 2.19. The predicted octanol–water partition coefficient (Wildman–Crippen LogP) is 2.22. The van der Waals surface area contributed by atoms with E-state index in [2.05, 4.69) is 5.32 Å². The Labute approximate surface area is 122 Å². The maximum atomic E-state index is 13.5. The largest absolute Gasteiger partial charge is 0.481 e. The molecule has 6 heteroatoms. The first-order chi connectivity index (χ1) is 9.77. The molecule has 0 fully saturated rings. The van der Waals surface area contributed by atoms with Crippen molar-refractivity contribution < 1.29 is 23.8 Å². The Morgan fingerprint density at radius 1 is 1.29 bits per heavy atom. The second-order valence-electron chi connectivity index (χ2n) is 4.82. The quantitative estimate of drug-likeness (QED) is 0.789. The molecule has 0 aliphatic rings. The monoisotopic (exact) mass is 295 g/mol. The number of benzene rings is 1. The highest BCUT2D eigenvalue weighted by molar-refractivity contribution is 5.85. The van der Waals surface area contributed by atoms with Crippen molar-refractivity contribution in [1.82, 2.24) is 5.32 Å². The van der Waals surface area contributed by atoms with Crippen LogP contribution in [0, 0.1) is 5.82 Å². The van der Waals surface area contributed by atoms with Crippen LogP contribution in [0.5, 0.6) is 5.75 Å². The molecule has 21 heavy (non-hydrogen) atoms. The zero-order valence-electron chi connectivity index (χ0n) is 12.1. The van der Waals surface area contributed by atoms with Gasteiger partial charge in [-0.25, -0.2) is 9.18 Å². The lowest BCUT2D eigenvalue weighted by molar-refractivity contribution is -0.131. The molecule has 5 nitrogen and oxygen atoms in total. The summed E-state index contributed by atoms with van der Waals surface area (Å²) in [6, 6.07) is 3.74. The lowest BCUT2D eigenvalue weighted by atomic mass is 10.2. The molecule has 0 aliphatic heterocycles. The minimum Gasteiger partial charge on any atom is -0.481 e. The van der Waals surface area contributed by atoms with Crippen LogP contribution < -0.4 is 10.1 Å². The number of carbonyl (C=O) groups excluding carboxylic acids is 1. The van der Waals surface area contributed by atoms with Crippen molar-refractivity contribution in [1.29, 1.82) is 0 Å². The summed E-state index contributed by atoms with van der Waals surface area (Å²) >= 11 is 0. The van der Waals surface area contributed by atoms with Crippen molar-refractivity contribution in [2.45, 2.75) is 32.9 Å². The molecule has 1 unspecified atom stereocenters. The number of carboxylic acids is 1. The molecular weight excluding hydrogens is 277 g/mol. The van der Waals surface area contributed by atoms with Crippen LogP contribution in [-0.2, 0) is 9.59 Å². The van der Waals surface area contributed by atoms with Crippen LogP contribution in [0.4, 0.5) is 4.39 Å². The van der Waals surface area contributed by atoms with E-state index in [0.717, 1.165) is 12.1 Å². The number of rotatable bonds is 6. The number of carboxylic acid groups (broad SMARTS) is 1. The predicted molar refractivity (Wildman–Crippen MR) is 76.4 cm³/mol. The third-order valence-corrected chi connectivity index (χ3v) is 2.43. The van der Waals surface area contributed by atoms with Crippen LogP contribution in [0.1, 0.15) is 26.3 Å². The zero-order chi connectivity index (χ0) is 16.0. The Bertz CT molecular complexity index is 555. The van der Waals surface area contributed by atoms with Crippen molar-refractivity contribution in [3.05, 3.63) is 35.7 Å². The second-order valence-corrected chi connectivity index (χ2v) is 4.82. The van der Waals surface area contributed by atoms with Crippen LogP contribution in [0.2, 0.25) is 0 Å². The molecule has 0 saturated carbocycles. The Hall–Kier alpha value is -2.37. The highest BCUT2D eigenvalue weighted by atomic mass is 19.1. The van der Waals surface area contributed by atoms with Gasteiger partial charge in [0.1, 0.15) is 11.6 Å². The molecule has 0 bridgehead atoms. The average Bonchev–Trinajstić information content (AvgIpc) is 2.34. The lowest BCUT2D eigenvalue weighted by Gasteiger charge is -2.16. The summed E-state index contributed by atoms with van der Waals surface area (Å²) in [5.41, 5.74) is 0.337. The van der Waals surface area contributed by atoms with Gasteiger partial charge in [-0.05, 0) is 44.5 Å². The van der Waals surface area contributed by atoms with Gasteiger partial charge in [0.2, 0.25) is 0 Å². The van der Waals surface area contributed by atoms with Gasteiger partial charge in [-0.3, -0.25) is 4.79 Å². The summed E-state index contributed by atoms with van der Waals surface area (Å²) < 4.78 is 18.8. The Morgan fingerprint density at radius 3 is 2.52 bits per heavy atom. The summed E-state index contributed by atoms with van der Waals surface area (Å²) in [6.45, 7) is 5.19. The molecule has 0 radical (unpaired) electrons. The molecule has 1 aromatic rings. The summed E-state index contributed by atoms with van der Waals surface area (Å²) in [5, 5.41) is 11.2. The van der Waals surface area contributed by atoms with Gasteiger partial charge >= 0.3 is 5.97 Å². The van der Waals surface area contributed by atoms with Gasteiger partial charge < -0.3 is 15.2 Å². The van der Waals surface area contributed by atoms with Crippen molar-refractivity contribution in [3.63, 3.8) is 0 Å². The minimum atomic E-state index is -1.13. The van der Waals surface area contributed by atoms with Crippen LogP contribution in [-0.4, -0.2) is 29.1 Å². The van der Waals surface area contributed by atoms with Gasteiger partial charge in [-0.15, -0.1) is 0 Å². The number of amides is 1. The maximum absolute atomic E-state index is 13.5. The Kier molecular flexibility index (Phi) is 5.90. The van der Waals surface area contributed by atoms with Gasteiger partial charge in [-0.2, -0.15) is 0 Å². The van der Waals surface area contributed by atoms with E-state index in [4.69, 9.17) is 9.84 Å². The number of hydrogen-bond acceptors (Lipinski definition) is 3. The standard InChI is InChI=1S/C15H18FNO4/c1-9(2)17-15(20)10(3)21-13-7-11(4-5-14(18)19)6-12(16)8-13/h4-10H,1-3H3,(H,17,20)(H,18,19)/b5-4+. The summed E-state index contributed by atoms with van der Waals surface area (Å²) in [7, 11) is 0. The van der Waals surface area contributed by atoms with Crippen LogP contribution >= 0.6 is 0 Å². The molecule has 0 heterocycles. The second kappa shape index (κ2) is 7.42. The minimum absolute atomic E-state index is 0.0230. The van der Waals surface area contributed by atoms with Crippen LogP contribution in [0.3, 0.4) is 0 Å². The van der Waals surface area contributed by atoms with Crippen LogP contribution in [0.25, 0.3) is 6.08 Å². The van der Waals surface area contributed by atoms with Gasteiger partial charge in [0.05, 0.1) is 0 Å². The number of ether oxygens (including phenoxy) is 1. The lowest BCUT2D eigenvalue weighted by Crippen LogP contribution is -2.40. The number of nitrogens with one attached hydrogen (secondary N) is 1. The normalized spacial score (nSPS) is 12.4. The van der Waals surface area contributed by atoms with E-state index in [-0.39, 0.29) is 17.7 Å². The number of hydrogen-bond donors (Lipinski definition) is 2. The fourth-order valence-electron chi connectivity index (χ4n) is 1.58. The maximum Gasteiger partial charge on any atom is 0.328 e. The van der Waals surface area contributed by atoms with Crippen LogP contribution in [0.15, 0.2) is 24.3 Å². The van der Waals surface area contributed by atoms with E-state index < -0.39 is 17.9 Å². The molecule has 0 aliphatic carbocycles. The van der Waals surface area contributed by atoms with Crippen molar-refractivity contribution in [2.24, 2.45) is 0 Å². The van der Waals surface area contributed by atoms with E-state index in [1.54, 1.807) is 6.92 Å². The first-order valence-corrected chi connectivity index (χ1v) is 6.46. The summed E-state index contributed by atoms with van der Waals surface area (Å²) in [6.07, 6.45) is 1.36. The van der Waals surface area contributed by atoms with Crippen molar-refractivity contribution in [2.75, 3.05) is 0 Å². The van der Waals surface area contributed by atoms with E-state index >= 15 is 0 Å². The van der Waals surface area contributed by atoms with Crippen molar-refractivity contribution >= 4 is 18.0 Å². The third kappa shape index (κ3) is 6.07. The van der Waals surface area contributed by atoms with E-state index in [1.807, 2.05) is 13.8 Å². The molecule has 1 rings (SSSR count). The highest BCUT2D eigenvalue weighted by Gasteiger charge is 2.15. The van der Waals surface area contributed by atoms with E-state index in [0.29, 0.717) is 5.56 Å². The molecule has 1 amide bonds. The average molecular weight is 295 g/mol. The summed E-state index contributed by atoms with van der Waals surface area (Å²) in [5.74, 6) is -1.86. The first-order valence-electron chi connectivity index (χ1n) is 6.46. The Balaban J connectivity index is 2.83. The number of aliphatic carboxylic acids is 1. The smallest absolute Gasteiger partial charge is 0.328 e. The van der Waals surface area contributed by atoms with E-state index in [9.17, 15) is 14.0 Å². The molecule has 0 aromatic heterocycles. The first kappa shape index (κ1) is 16.7. The molecule has 114 valence electrons. The van der Waals surface area contributed by atoms with Gasteiger partial charge in [-0.1, -0.05) is 0 Å². The number of halogens is 1. The summed E-state index contributed by atoms with van der Waals surface area (Å²) in [4.78, 5) is 22.2.